The molecular formula is C13H16F2O2. The van der Waals surface area contributed by atoms with Crippen LogP contribution in [0, 0.1) is 11.6 Å². The van der Waals surface area contributed by atoms with Crippen molar-refractivity contribution in [3.8, 4) is 5.75 Å². The predicted molar refractivity (Wildman–Crippen MR) is 61.4 cm³/mol. The molecule has 0 fully saturated rings. The van der Waals surface area contributed by atoms with Crippen LogP contribution in [0.4, 0.5) is 8.78 Å². The molecule has 0 aliphatic rings. The summed E-state index contributed by atoms with van der Waals surface area (Å²) in [5.74, 6) is -2.44. The molecule has 4 heteroatoms. The molecule has 0 atom stereocenters. The van der Waals surface area contributed by atoms with Crippen molar-refractivity contribution in [1.82, 2.24) is 0 Å². The lowest BCUT2D eigenvalue weighted by Crippen LogP contribution is -2.24. The Kier molecular flexibility index (Phi) is 3.86. The van der Waals surface area contributed by atoms with Gasteiger partial charge >= 0.3 is 0 Å². The second-order valence-corrected chi connectivity index (χ2v) is 4.76. The summed E-state index contributed by atoms with van der Waals surface area (Å²) < 4.78 is 32.4. The van der Waals surface area contributed by atoms with Gasteiger partial charge in [0.1, 0.15) is 5.60 Å². The number of hydrogen-bond donors (Lipinski definition) is 0. The highest BCUT2D eigenvalue weighted by molar-refractivity contribution is 5.96. The topological polar surface area (TPSA) is 26.3 Å². The first-order chi connectivity index (χ1) is 7.74. The molecule has 0 spiro atoms. The van der Waals surface area contributed by atoms with Crippen LogP contribution < -0.4 is 4.74 Å². The molecule has 0 aliphatic heterocycles. The lowest BCUT2D eigenvalue weighted by atomic mass is 10.1. The zero-order chi connectivity index (χ0) is 13.2. The molecule has 0 aliphatic carbocycles. The van der Waals surface area contributed by atoms with E-state index in [9.17, 15) is 13.6 Å². The first-order valence-electron chi connectivity index (χ1n) is 5.46. The van der Waals surface area contributed by atoms with E-state index in [1.807, 2.05) is 0 Å². The molecule has 0 saturated carbocycles. The zero-order valence-corrected chi connectivity index (χ0v) is 10.4. The minimum atomic E-state index is -0.850. The van der Waals surface area contributed by atoms with E-state index >= 15 is 0 Å². The maximum atomic E-state index is 13.6. The summed E-state index contributed by atoms with van der Waals surface area (Å²) in [6, 6.07) is 2.02. The van der Waals surface area contributed by atoms with Crippen LogP contribution >= 0.6 is 0 Å². The number of carbonyl (C=O) groups is 1. The van der Waals surface area contributed by atoms with Crippen molar-refractivity contribution in [3.63, 3.8) is 0 Å². The van der Waals surface area contributed by atoms with Crippen molar-refractivity contribution < 1.29 is 18.3 Å². The third-order valence-electron chi connectivity index (χ3n) is 2.05. The Morgan fingerprint density at radius 3 is 2.06 bits per heavy atom. The van der Waals surface area contributed by atoms with Crippen LogP contribution in [0.15, 0.2) is 12.1 Å². The highest BCUT2D eigenvalue weighted by atomic mass is 19.1. The molecule has 0 radical (unpaired) electrons. The molecule has 94 valence electrons. The Balaban J connectivity index is 3.15. The average Bonchev–Trinajstić information content (AvgIpc) is 2.20. The van der Waals surface area contributed by atoms with Crippen molar-refractivity contribution in [2.75, 3.05) is 0 Å². The van der Waals surface area contributed by atoms with Crippen LogP contribution in [0.5, 0.6) is 5.75 Å². The molecule has 0 aromatic heterocycles. The quantitative estimate of drug-likeness (QED) is 0.755. The maximum absolute atomic E-state index is 13.6. The van der Waals surface area contributed by atoms with Crippen molar-refractivity contribution in [1.29, 1.82) is 0 Å². The number of ketones is 1. The summed E-state index contributed by atoms with van der Waals surface area (Å²) in [5.41, 5.74) is -0.665. The Hall–Kier alpha value is -1.45. The number of Topliss-reactive ketones (excluding diaryl/α,β-unsaturated/α-hetero) is 1. The summed E-state index contributed by atoms with van der Waals surface area (Å²) in [6.45, 7) is 6.71. The van der Waals surface area contributed by atoms with Gasteiger partial charge in [0.15, 0.2) is 23.2 Å². The summed E-state index contributed by atoms with van der Waals surface area (Å²) in [5, 5.41) is 0. The third-order valence-corrected chi connectivity index (χ3v) is 2.05. The average molecular weight is 242 g/mol. The minimum absolute atomic E-state index is 0.0313. The molecule has 0 unspecified atom stereocenters. The van der Waals surface area contributed by atoms with Gasteiger partial charge in [0.25, 0.3) is 0 Å². The van der Waals surface area contributed by atoms with Gasteiger partial charge < -0.3 is 4.74 Å². The van der Waals surface area contributed by atoms with Gasteiger partial charge in [-0.05, 0) is 32.9 Å². The van der Waals surface area contributed by atoms with E-state index < -0.39 is 23.0 Å². The SMILES string of the molecule is CCC(=O)c1cc(F)c(OC(C)(C)C)c(F)c1. The summed E-state index contributed by atoms with van der Waals surface area (Å²) in [4.78, 5) is 11.3. The molecule has 1 aromatic rings. The van der Waals surface area contributed by atoms with E-state index in [-0.39, 0.29) is 17.8 Å². The van der Waals surface area contributed by atoms with E-state index in [1.165, 1.54) is 0 Å². The highest BCUT2D eigenvalue weighted by Crippen LogP contribution is 2.27. The summed E-state index contributed by atoms with van der Waals surface area (Å²) in [6.07, 6.45) is 0.207. The van der Waals surface area contributed by atoms with Crippen LogP contribution in [-0.2, 0) is 0 Å². The van der Waals surface area contributed by atoms with Gasteiger partial charge in [0.05, 0.1) is 0 Å². The standard InChI is InChI=1S/C13H16F2O2/c1-5-11(16)8-6-9(14)12(10(15)7-8)17-13(2,3)4/h6-7H,5H2,1-4H3. The first kappa shape index (κ1) is 13.6. The number of carbonyl (C=O) groups excluding carboxylic acids is 1. The lowest BCUT2D eigenvalue weighted by molar-refractivity contribution is 0.0985. The van der Waals surface area contributed by atoms with Gasteiger partial charge in [-0.25, -0.2) is 8.78 Å². The Bertz CT molecular complexity index is 411. The van der Waals surface area contributed by atoms with Gasteiger partial charge in [-0.1, -0.05) is 6.92 Å². The van der Waals surface area contributed by atoms with Crippen LogP contribution in [-0.4, -0.2) is 11.4 Å². The van der Waals surface area contributed by atoms with Crippen molar-refractivity contribution in [3.05, 3.63) is 29.3 Å². The molecule has 1 aromatic carbocycles. The lowest BCUT2D eigenvalue weighted by Gasteiger charge is -2.22. The molecule has 0 saturated heterocycles. The Morgan fingerprint density at radius 1 is 1.24 bits per heavy atom. The number of hydrogen-bond acceptors (Lipinski definition) is 2. The van der Waals surface area contributed by atoms with E-state index in [0.717, 1.165) is 12.1 Å². The zero-order valence-electron chi connectivity index (χ0n) is 10.4. The fourth-order valence-electron chi connectivity index (χ4n) is 1.33. The molecule has 0 N–H and O–H groups in total. The fraction of sp³-hybridized carbons (Fsp3) is 0.462. The molecular weight excluding hydrogens is 226 g/mol. The molecule has 0 amide bonds. The highest BCUT2D eigenvalue weighted by Gasteiger charge is 2.20. The number of ether oxygens (including phenoxy) is 1. The van der Waals surface area contributed by atoms with Gasteiger partial charge in [-0.3, -0.25) is 4.79 Å². The van der Waals surface area contributed by atoms with Crippen LogP contribution in [0.25, 0.3) is 0 Å². The predicted octanol–water partition coefficient (Wildman–Crippen LogP) is 3.73. The van der Waals surface area contributed by atoms with Gasteiger partial charge in [-0.2, -0.15) is 0 Å². The maximum Gasteiger partial charge on any atom is 0.191 e. The van der Waals surface area contributed by atoms with Crippen LogP contribution in [0.2, 0.25) is 0 Å². The number of benzene rings is 1. The van der Waals surface area contributed by atoms with E-state index in [4.69, 9.17) is 4.74 Å². The number of halogens is 2. The molecule has 0 bridgehead atoms. The Morgan fingerprint density at radius 2 is 1.71 bits per heavy atom. The summed E-state index contributed by atoms with van der Waals surface area (Å²) >= 11 is 0. The Labute approximate surface area is 99.6 Å². The van der Waals surface area contributed by atoms with Crippen LogP contribution in [0.1, 0.15) is 44.5 Å². The monoisotopic (exact) mass is 242 g/mol. The summed E-state index contributed by atoms with van der Waals surface area (Å²) in [7, 11) is 0. The fourth-order valence-corrected chi connectivity index (χ4v) is 1.33. The van der Waals surface area contributed by atoms with Gasteiger partial charge in [0.2, 0.25) is 0 Å². The molecule has 17 heavy (non-hydrogen) atoms. The van der Waals surface area contributed by atoms with Crippen molar-refractivity contribution >= 4 is 5.78 Å². The van der Waals surface area contributed by atoms with Crippen LogP contribution in [0.3, 0.4) is 0 Å². The molecule has 2 nitrogen and oxygen atoms in total. The minimum Gasteiger partial charge on any atom is -0.482 e. The smallest absolute Gasteiger partial charge is 0.191 e. The second-order valence-electron chi connectivity index (χ2n) is 4.76. The van der Waals surface area contributed by atoms with Crippen molar-refractivity contribution in [2.45, 2.75) is 39.7 Å². The first-order valence-corrected chi connectivity index (χ1v) is 5.46. The molecule has 0 heterocycles. The van der Waals surface area contributed by atoms with Gasteiger partial charge in [0, 0.05) is 12.0 Å². The van der Waals surface area contributed by atoms with E-state index in [0.29, 0.717) is 0 Å². The largest absolute Gasteiger partial charge is 0.482 e. The van der Waals surface area contributed by atoms with Gasteiger partial charge in [-0.15, -0.1) is 0 Å². The number of rotatable bonds is 3. The van der Waals surface area contributed by atoms with E-state index in [1.54, 1.807) is 27.7 Å². The second kappa shape index (κ2) is 4.82. The molecule has 1 rings (SSSR count). The normalized spacial score (nSPS) is 11.4. The van der Waals surface area contributed by atoms with Crippen molar-refractivity contribution in [2.24, 2.45) is 0 Å². The van der Waals surface area contributed by atoms with E-state index in [2.05, 4.69) is 0 Å². The third kappa shape index (κ3) is 3.51.